The van der Waals surface area contributed by atoms with Crippen molar-refractivity contribution in [2.45, 2.75) is 13.3 Å². The minimum Gasteiger partial charge on any atom is -0.382 e. The summed E-state index contributed by atoms with van der Waals surface area (Å²) in [5.74, 6) is 0. The topological polar surface area (TPSA) is 55.9 Å². The van der Waals surface area contributed by atoms with Crippen molar-refractivity contribution < 1.29 is 0 Å². The summed E-state index contributed by atoms with van der Waals surface area (Å²) in [5.41, 5.74) is 8.79. The highest BCUT2D eigenvalue weighted by Crippen LogP contribution is 2.12. The van der Waals surface area contributed by atoms with Gasteiger partial charge < -0.3 is 11.1 Å². The number of nitrogens with zero attached hydrogens (tertiary/aromatic N) is 2. The van der Waals surface area contributed by atoms with Crippen molar-refractivity contribution in [1.29, 1.82) is 0 Å². The molecule has 0 atom stereocenters. The molecule has 2 aromatic rings. The van der Waals surface area contributed by atoms with Crippen LogP contribution in [0.3, 0.4) is 0 Å². The lowest BCUT2D eigenvalue weighted by Gasteiger charge is -2.02. The van der Waals surface area contributed by atoms with Crippen molar-refractivity contribution in [2.24, 2.45) is 5.73 Å². The van der Waals surface area contributed by atoms with Gasteiger partial charge in [0.15, 0.2) is 0 Å². The van der Waals surface area contributed by atoms with Crippen LogP contribution in [-0.4, -0.2) is 22.9 Å². The molecule has 0 aliphatic rings. The minimum absolute atomic E-state index is 0.707. The Hall–Kier alpha value is -1.81. The maximum Gasteiger partial charge on any atom is 0.0731 e. The predicted octanol–water partition coefficient (Wildman–Crippen LogP) is 1.94. The van der Waals surface area contributed by atoms with Crippen LogP contribution in [0.25, 0.3) is 5.69 Å². The van der Waals surface area contributed by atoms with Crippen LogP contribution in [0.5, 0.6) is 0 Å². The maximum atomic E-state index is 5.44. The van der Waals surface area contributed by atoms with Gasteiger partial charge in [-0.3, -0.25) is 0 Å². The van der Waals surface area contributed by atoms with Crippen LogP contribution in [0, 0.1) is 6.92 Å². The van der Waals surface area contributed by atoms with Gasteiger partial charge in [0.05, 0.1) is 23.8 Å². The zero-order valence-electron chi connectivity index (χ0n) is 10.1. The lowest BCUT2D eigenvalue weighted by molar-refractivity contribution is 0.872. The van der Waals surface area contributed by atoms with Crippen LogP contribution in [0.15, 0.2) is 36.7 Å². The van der Waals surface area contributed by atoms with Crippen LogP contribution in [0.1, 0.15) is 12.0 Å². The van der Waals surface area contributed by atoms with Crippen molar-refractivity contribution in [3.63, 3.8) is 0 Å². The highest BCUT2D eigenvalue weighted by molar-refractivity contribution is 5.42. The molecule has 2 rings (SSSR count). The highest BCUT2D eigenvalue weighted by atomic mass is 15.3. The fourth-order valence-corrected chi connectivity index (χ4v) is 1.59. The second kappa shape index (κ2) is 5.50. The first kappa shape index (κ1) is 11.7. The van der Waals surface area contributed by atoms with E-state index in [1.165, 1.54) is 5.56 Å². The number of rotatable bonds is 5. The molecule has 0 saturated heterocycles. The summed E-state index contributed by atoms with van der Waals surface area (Å²) in [6.45, 7) is 3.67. The molecule has 17 heavy (non-hydrogen) atoms. The van der Waals surface area contributed by atoms with E-state index in [4.69, 9.17) is 5.73 Å². The molecule has 0 saturated carbocycles. The third-order valence-corrected chi connectivity index (χ3v) is 2.59. The maximum absolute atomic E-state index is 5.44. The molecule has 0 spiro atoms. The molecule has 1 aromatic carbocycles. The molecule has 0 fully saturated rings. The molecule has 1 heterocycles. The van der Waals surface area contributed by atoms with Crippen LogP contribution in [0.4, 0.5) is 5.69 Å². The van der Waals surface area contributed by atoms with Gasteiger partial charge in [-0.1, -0.05) is 17.7 Å². The van der Waals surface area contributed by atoms with E-state index < -0.39 is 0 Å². The van der Waals surface area contributed by atoms with Gasteiger partial charge in [-0.05, 0) is 32.0 Å². The van der Waals surface area contributed by atoms with Gasteiger partial charge in [-0.15, -0.1) is 0 Å². The zero-order chi connectivity index (χ0) is 12.1. The molecule has 0 amide bonds. The number of nitrogens with one attached hydrogen (secondary N) is 1. The van der Waals surface area contributed by atoms with E-state index >= 15 is 0 Å². The molecule has 0 aliphatic heterocycles. The van der Waals surface area contributed by atoms with Crippen molar-refractivity contribution in [3.8, 4) is 5.69 Å². The zero-order valence-corrected chi connectivity index (χ0v) is 10.1. The Bertz CT molecular complexity index is 459. The fourth-order valence-electron chi connectivity index (χ4n) is 1.59. The quantitative estimate of drug-likeness (QED) is 0.772. The molecule has 90 valence electrons. The Morgan fingerprint density at radius 1 is 1.29 bits per heavy atom. The molecular formula is C13H18N4. The summed E-state index contributed by atoms with van der Waals surface area (Å²) in [6, 6.07) is 8.29. The standard InChI is InChI=1S/C13H18N4/c1-11-3-5-13(6-4-11)17-10-12(9-16-17)15-8-2-7-14/h3-6,9-10,15H,2,7-8,14H2,1H3. The summed E-state index contributed by atoms with van der Waals surface area (Å²) in [6.07, 6.45) is 4.78. The van der Waals surface area contributed by atoms with Crippen LogP contribution in [0.2, 0.25) is 0 Å². The Kier molecular flexibility index (Phi) is 3.77. The van der Waals surface area contributed by atoms with Gasteiger partial charge in [0.1, 0.15) is 0 Å². The van der Waals surface area contributed by atoms with Crippen molar-refractivity contribution >= 4 is 5.69 Å². The van der Waals surface area contributed by atoms with E-state index in [2.05, 4.69) is 41.6 Å². The molecule has 0 unspecified atom stereocenters. The summed E-state index contributed by atoms with van der Waals surface area (Å²) >= 11 is 0. The van der Waals surface area contributed by atoms with Gasteiger partial charge in [0.2, 0.25) is 0 Å². The Labute approximate surface area is 101 Å². The Morgan fingerprint density at radius 2 is 2.06 bits per heavy atom. The highest BCUT2D eigenvalue weighted by Gasteiger charge is 1.99. The van der Waals surface area contributed by atoms with Gasteiger partial charge in [-0.25, -0.2) is 4.68 Å². The van der Waals surface area contributed by atoms with Crippen molar-refractivity contribution in [3.05, 3.63) is 42.2 Å². The second-order valence-corrected chi connectivity index (χ2v) is 4.08. The van der Waals surface area contributed by atoms with Gasteiger partial charge in [-0.2, -0.15) is 5.10 Å². The molecule has 4 nitrogen and oxygen atoms in total. The summed E-state index contributed by atoms with van der Waals surface area (Å²) in [5, 5.41) is 7.60. The third-order valence-electron chi connectivity index (χ3n) is 2.59. The van der Waals surface area contributed by atoms with E-state index in [0.29, 0.717) is 6.54 Å². The number of nitrogens with two attached hydrogens (primary N) is 1. The molecular weight excluding hydrogens is 212 g/mol. The number of aromatic nitrogens is 2. The molecule has 0 radical (unpaired) electrons. The van der Waals surface area contributed by atoms with Gasteiger partial charge in [0.25, 0.3) is 0 Å². The van der Waals surface area contributed by atoms with E-state index in [-0.39, 0.29) is 0 Å². The predicted molar refractivity (Wildman–Crippen MR) is 70.5 cm³/mol. The first-order valence-electron chi connectivity index (χ1n) is 5.85. The first-order chi connectivity index (χ1) is 8.29. The van der Waals surface area contributed by atoms with E-state index in [0.717, 1.165) is 24.3 Å². The van der Waals surface area contributed by atoms with Gasteiger partial charge >= 0.3 is 0 Å². The van der Waals surface area contributed by atoms with E-state index in [1.807, 2.05) is 17.1 Å². The van der Waals surface area contributed by atoms with E-state index in [1.54, 1.807) is 0 Å². The second-order valence-electron chi connectivity index (χ2n) is 4.08. The van der Waals surface area contributed by atoms with Gasteiger partial charge in [0, 0.05) is 6.54 Å². The molecule has 0 aliphatic carbocycles. The minimum atomic E-state index is 0.707. The SMILES string of the molecule is Cc1ccc(-n2cc(NCCCN)cn2)cc1. The number of anilines is 1. The Balaban J connectivity index is 2.04. The average Bonchev–Trinajstić information content (AvgIpc) is 2.79. The smallest absolute Gasteiger partial charge is 0.0731 e. The largest absolute Gasteiger partial charge is 0.382 e. The van der Waals surface area contributed by atoms with Crippen molar-refractivity contribution in [1.82, 2.24) is 9.78 Å². The molecule has 0 bridgehead atoms. The normalized spacial score (nSPS) is 10.5. The monoisotopic (exact) mass is 230 g/mol. The lowest BCUT2D eigenvalue weighted by atomic mass is 10.2. The lowest BCUT2D eigenvalue weighted by Crippen LogP contribution is -2.07. The van der Waals surface area contributed by atoms with E-state index in [9.17, 15) is 0 Å². The molecule has 4 heteroatoms. The Morgan fingerprint density at radius 3 is 2.76 bits per heavy atom. The van der Waals surface area contributed by atoms with Crippen molar-refractivity contribution in [2.75, 3.05) is 18.4 Å². The average molecular weight is 230 g/mol. The van der Waals surface area contributed by atoms with Crippen LogP contribution < -0.4 is 11.1 Å². The number of hydrogen-bond donors (Lipinski definition) is 2. The summed E-state index contributed by atoms with van der Waals surface area (Å²) in [7, 11) is 0. The number of benzene rings is 1. The van der Waals surface area contributed by atoms with Crippen LogP contribution in [-0.2, 0) is 0 Å². The summed E-state index contributed by atoms with van der Waals surface area (Å²) in [4.78, 5) is 0. The number of hydrogen-bond acceptors (Lipinski definition) is 3. The molecule has 1 aromatic heterocycles. The fraction of sp³-hybridized carbons (Fsp3) is 0.308. The third kappa shape index (κ3) is 3.07. The van der Waals surface area contributed by atoms with Crippen LogP contribution >= 0.6 is 0 Å². The number of aryl methyl sites for hydroxylation is 1. The first-order valence-corrected chi connectivity index (χ1v) is 5.85. The molecule has 3 N–H and O–H groups in total. The summed E-state index contributed by atoms with van der Waals surface area (Å²) < 4.78 is 1.87.